The Hall–Kier alpha value is -4.05. The molecule has 4 aromatic rings. The zero-order valence-corrected chi connectivity index (χ0v) is 25.6. The van der Waals surface area contributed by atoms with Gasteiger partial charge in [0.25, 0.3) is 11.4 Å². The Morgan fingerprint density at radius 3 is 1.46 bits per heavy atom. The standard InChI is InChI=1S/C32H32N2.C5H10O2/c1-20(2)24-14-6-8-18-28(24)33-22(5)34(29-19-9-7-15-25(29)21(3)4)32-27-17-11-13-23-12-10-16-26(30(23)27)31(32)33;1-4(2)5(6)7-3/h6-22H,1-5H3;4H,1-3H3/q+2;. The fraction of sp³-hybridized carbons (Fsp3) is 0.324. The lowest BCUT2D eigenvalue weighted by Crippen LogP contribution is -2.27. The van der Waals surface area contributed by atoms with E-state index < -0.39 is 0 Å². The highest BCUT2D eigenvalue weighted by Crippen LogP contribution is 2.41. The van der Waals surface area contributed by atoms with Crippen molar-refractivity contribution >= 4 is 39.5 Å². The minimum atomic E-state index is -0.153. The van der Waals surface area contributed by atoms with Gasteiger partial charge in [0.15, 0.2) is 0 Å². The fourth-order valence-corrected chi connectivity index (χ4v) is 6.24. The average molecular weight is 547 g/mol. The highest BCUT2D eigenvalue weighted by molar-refractivity contribution is 6.58. The Morgan fingerprint density at radius 2 is 1.10 bits per heavy atom. The van der Waals surface area contributed by atoms with Crippen LogP contribution < -0.4 is 0 Å². The van der Waals surface area contributed by atoms with Crippen LogP contribution in [0.5, 0.6) is 0 Å². The second-order valence-corrected chi connectivity index (χ2v) is 11.9. The molecule has 0 fully saturated rings. The number of fused-ring (bicyclic) bond motifs is 3. The molecule has 0 atom stereocenters. The van der Waals surface area contributed by atoms with Crippen LogP contribution in [-0.2, 0) is 9.53 Å². The normalized spacial score (nSPS) is 14.3. The average Bonchev–Trinajstić information content (AvgIpc) is 3.45. The van der Waals surface area contributed by atoms with Gasteiger partial charge in [-0.3, -0.25) is 4.79 Å². The first kappa shape index (κ1) is 28.5. The maximum Gasteiger partial charge on any atom is 0.351 e. The van der Waals surface area contributed by atoms with E-state index in [9.17, 15) is 4.79 Å². The first-order chi connectivity index (χ1) is 19.7. The maximum absolute atomic E-state index is 10.3. The lowest BCUT2D eigenvalue weighted by Gasteiger charge is -2.14. The molecule has 4 aromatic carbocycles. The van der Waals surface area contributed by atoms with Gasteiger partial charge in [0.05, 0.1) is 31.1 Å². The number of para-hydroxylation sites is 2. The van der Waals surface area contributed by atoms with Crippen molar-refractivity contribution in [2.45, 2.75) is 66.5 Å². The second kappa shape index (κ2) is 11.4. The van der Waals surface area contributed by atoms with E-state index in [0.29, 0.717) is 11.8 Å². The van der Waals surface area contributed by atoms with Gasteiger partial charge < -0.3 is 4.74 Å². The van der Waals surface area contributed by atoms with Gasteiger partial charge in [-0.15, -0.1) is 9.15 Å². The molecule has 0 spiro atoms. The molecule has 0 unspecified atom stereocenters. The van der Waals surface area contributed by atoms with Crippen LogP contribution in [0.2, 0.25) is 0 Å². The lowest BCUT2D eigenvalue weighted by molar-refractivity contribution is -0.687. The van der Waals surface area contributed by atoms with Gasteiger partial charge in [-0.2, -0.15) is 0 Å². The number of ether oxygens (including phenoxy) is 1. The van der Waals surface area contributed by atoms with E-state index >= 15 is 0 Å². The number of nitrogens with zero attached hydrogens (tertiary/aromatic N) is 2. The van der Waals surface area contributed by atoms with Crippen molar-refractivity contribution in [1.29, 1.82) is 0 Å². The number of rotatable bonds is 5. The monoisotopic (exact) mass is 546 g/mol. The zero-order chi connectivity index (χ0) is 29.4. The summed E-state index contributed by atoms with van der Waals surface area (Å²) in [7, 11) is 1.39. The van der Waals surface area contributed by atoms with Crippen molar-refractivity contribution in [3.05, 3.63) is 107 Å². The molecule has 4 heteroatoms. The second-order valence-electron chi connectivity index (χ2n) is 11.9. The molecular formula is C37H42N2O2+2. The van der Waals surface area contributed by atoms with Crippen molar-refractivity contribution in [2.75, 3.05) is 7.11 Å². The van der Waals surface area contributed by atoms with Crippen molar-refractivity contribution < 1.29 is 18.7 Å². The summed E-state index contributed by atoms with van der Waals surface area (Å²) >= 11 is 0. The maximum atomic E-state index is 10.3. The summed E-state index contributed by atoms with van der Waals surface area (Å²) in [5.74, 6) is 0.748. The molecule has 4 nitrogen and oxygen atoms in total. The molecule has 0 bridgehead atoms. The Kier molecular flexibility index (Phi) is 7.95. The number of hydrogen-bond donors (Lipinski definition) is 0. The predicted molar refractivity (Wildman–Crippen MR) is 169 cm³/mol. The predicted octanol–water partition coefficient (Wildman–Crippen LogP) is 8.54. The van der Waals surface area contributed by atoms with Crippen LogP contribution in [0.3, 0.4) is 0 Å². The Morgan fingerprint density at radius 1 is 0.659 bits per heavy atom. The van der Waals surface area contributed by atoms with Crippen LogP contribution in [-0.4, -0.2) is 39.8 Å². The number of benzene rings is 4. The van der Waals surface area contributed by atoms with Crippen LogP contribution in [0, 0.1) is 5.92 Å². The number of carbonyl (C=O) groups is 1. The van der Waals surface area contributed by atoms with E-state index in [0.717, 1.165) is 0 Å². The highest BCUT2D eigenvalue weighted by atomic mass is 16.5. The molecule has 0 saturated heterocycles. The zero-order valence-electron chi connectivity index (χ0n) is 25.6. The Bertz CT molecular complexity index is 1580. The van der Waals surface area contributed by atoms with Gasteiger partial charge in [-0.25, -0.2) is 0 Å². The largest absolute Gasteiger partial charge is 0.469 e. The van der Waals surface area contributed by atoms with Crippen LogP contribution >= 0.6 is 0 Å². The van der Waals surface area contributed by atoms with E-state index in [-0.39, 0.29) is 18.1 Å². The summed E-state index contributed by atoms with van der Waals surface area (Å²) < 4.78 is 9.56. The van der Waals surface area contributed by atoms with E-state index in [1.54, 1.807) is 13.8 Å². The van der Waals surface area contributed by atoms with Crippen molar-refractivity contribution in [3.8, 4) is 0 Å². The van der Waals surface area contributed by atoms with E-state index in [1.165, 1.54) is 62.9 Å². The Balaban J connectivity index is 0.000000431. The SMILES string of the molecule is CC(C)c1ccccc1[N+]1=C2C(=[N+](c3ccccc3C(C)C)C1C)c1cccc3cccc2c13.COC(=O)C(C)C. The molecule has 1 heterocycles. The van der Waals surface area contributed by atoms with Gasteiger partial charge in [0, 0.05) is 28.6 Å². The molecule has 1 aliphatic carbocycles. The molecule has 0 saturated carbocycles. The van der Waals surface area contributed by atoms with Crippen molar-refractivity contribution in [2.24, 2.45) is 5.92 Å². The van der Waals surface area contributed by atoms with E-state index in [4.69, 9.17) is 0 Å². The van der Waals surface area contributed by atoms with Crippen LogP contribution in [0.25, 0.3) is 10.8 Å². The minimum absolute atomic E-state index is 0.00463. The van der Waals surface area contributed by atoms with Crippen LogP contribution in [0.1, 0.15) is 82.6 Å². The Labute approximate surface area is 244 Å². The first-order valence-electron chi connectivity index (χ1n) is 14.8. The molecule has 1 aliphatic heterocycles. The van der Waals surface area contributed by atoms with Crippen molar-refractivity contribution in [3.63, 3.8) is 0 Å². The smallest absolute Gasteiger partial charge is 0.351 e. The fourth-order valence-electron chi connectivity index (χ4n) is 6.24. The first-order valence-corrected chi connectivity index (χ1v) is 14.8. The van der Waals surface area contributed by atoms with E-state index in [1.807, 2.05) is 0 Å². The molecule has 0 N–H and O–H groups in total. The molecule has 210 valence electrons. The molecule has 0 amide bonds. The third kappa shape index (κ3) is 4.90. The van der Waals surface area contributed by atoms with Gasteiger partial charge in [-0.1, -0.05) is 102 Å². The summed E-state index contributed by atoms with van der Waals surface area (Å²) in [4.78, 5) is 10.3. The van der Waals surface area contributed by atoms with Gasteiger partial charge in [0.1, 0.15) is 0 Å². The molecule has 6 rings (SSSR count). The summed E-state index contributed by atoms with van der Waals surface area (Å²) in [6, 6.07) is 31.4. The quantitative estimate of drug-likeness (QED) is 0.186. The lowest BCUT2D eigenvalue weighted by atomic mass is 9.99. The van der Waals surface area contributed by atoms with Crippen LogP contribution in [0.4, 0.5) is 11.4 Å². The number of methoxy groups -OCH3 is 1. The number of hydrogen-bond acceptors (Lipinski definition) is 2. The summed E-state index contributed by atoms with van der Waals surface area (Å²) in [6.45, 7) is 15.1. The summed E-state index contributed by atoms with van der Waals surface area (Å²) in [5.41, 5.74) is 10.8. The molecule has 2 aliphatic rings. The third-order valence-corrected chi connectivity index (χ3v) is 8.18. The topological polar surface area (TPSA) is 32.3 Å². The molecule has 41 heavy (non-hydrogen) atoms. The van der Waals surface area contributed by atoms with Crippen LogP contribution in [0.15, 0.2) is 84.9 Å². The molecule has 0 radical (unpaired) electrons. The van der Waals surface area contributed by atoms with E-state index in [2.05, 4.69) is 133 Å². The summed E-state index contributed by atoms with van der Waals surface area (Å²) in [5, 5.41) is 2.69. The molecular weight excluding hydrogens is 504 g/mol. The van der Waals surface area contributed by atoms with Gasteiger partial charge >= 0.3 is 12.1 Å². The number of carbonyl (C=O) groups excluding carboxylic acids is 1. The van der Waals surface area contributed by atoms with Crippen molar-refractivity contribution in [1.82, 2.24) is 0 Å². The number of esters is 1. The minimum Gasteiger partial charge on any atom is -0.469 e. The highest BCUT2D eigenvalue weighted by Gasteiger charge is 2.53. The van der Waals surface area contributed by atoms with Gasteiger partial charge in [0.2, 0.25) is 11.4 Å². The third-order valence-electron chi connectivity index (χ3n) is 8.18. The van der Waals surface area contributed by atoms with Gasteiger partial charge in [-0.05, 0) is 29.4 Å². The molecule has 0 aromatic heterocycles. The summed E-state index contributed by atoms with van der Waals surface area (Å²) in [6.07, 6.45) is 0.161.